The van der Waals surface area contributed by atoms with E-state index in [-0.39, 0.29) is 17.5 Å². The minimum atomic E-state index is -0.354. The molecule has 0 aromatic heterocycles. The normalized spacial score (nSPS) is 49.2. The number of epoxide rings is 1. The van der Waals surface area contributed by atoms with E-state index in [0.29, 0.717) is 0 Å². The van der Waals surface area contributed by atoms with Crippen molar-refractivity contribution in [1.82, 2.24) is 0 Å². The quantitative estimate of drug-likeness (QED) is 0.509. The van der Waals surface area contributed by atoms with Gasteiger partial charge in [0.15, 0.2) is 5.79 Å². The van der Waals surface area contributed by atoms with Crippen molar-refractivity contribution in [1.29, 1.82) is 0 Å². The van der Waals surface area contributed by atoms with Crippen LogP contribution < -0.4 is 0 Å². The molecule has 3 fully saturated rings. The maximum atomic E-state index is 5.65. The summed E-state index contributed by atoms with van der Waals surface area (Å²) in [7, 11) is 0. The van der Waals surface area contributed by atoms with E-state index < -0.39 is 0 Å². The summed E-state index contributed by atoms with van der Waals surface area (Å²) in [5, 5.41) is 0. The van der Waals surface area contributed by atoms with Crippen LogP contribution in [0.15, 0.2) is 0 Å². The standard InChI is InChI=1S/C9H14O3/c1-8-3-2-4-9(7(8)12-8)10-5-6-11-9/h7H,2-6H2,1H3/t7-,8-/m1/s1. The van der Waals surface area contributed by atoms with Gasteiger partial charge in [-0.15, -0.1) is 0 Å². The predicted octanol–water partition coefficient (Wildman–Crippen LogP) is 1.07. The fourth-order valence-electron chi connectivity index (χ4n) is 2.56. The summed E-state index contributed by atoms with van der Waals surface area (Å²) in [6.07, 6.45) is 3.54. The number of hydrogen-bond donors (Lipinski definition) is 0. The van der Waals surface area contributed by atoms with E-state index in [0.717, 1.165) is 32.5 Å². The summed E-state index contributed by atoms with van der Waals surface area (Å²) >= 11 is 0. The minimum absolute atomic E-state index is 0.0720. The van der Waals surface area contributed by atoms with Gasteiger partial charge in [-0.2, -0.15) is 0 Å². The van der Waals surface area contributed by atoms with Crippen LogP contribution in [-0.4, -0.2) is 30.7 Å². The zero-order valence-electron chi connectivity index (χ0n) is 7.34. The first-order chi connectivity index (χ1) is 5.75. The Hall–Kier alpha value is -0.120. The highest BCUT2D eigenvalue weighted by Gasteiger charge is 2.67. The van der Waals surface area contributed by atoms with Crippen LogP contribution in [0, 0.1) is 0 Å². The van der Waals surface area contributed by atoms with Gasteiger partial charge in [0.25, 0.3) is 0 Å². The Morgan fingerprint density at radius 1 is 1.17 bits per heavy atom. The molecule has 0 amide bonds. The molecule has 2 atom stereocenters. The third-order valence-electron chi connectivity index (χ3n) is 3.26. The van der Waals surface area contributed by atoms with Gasteiger partial charge in [0.1, 0.15) is 6.10 Å². The Bertz CT molecular complexity index is 210. The van der Waals surface area contributed by atoms with Gasteiger partial charge in [-0.3, -0.25) is 0 Å². The van der Waals surface area contributed by atoms with Crippen molar-refractivity contribution < 1.29 is 14.2 Å². The van der Waals surface area contributed by atoms with Crippen LogP contribution in [0.4, 0.5) is 0 Å². The number of ether oxygens (including phenoxy) is 3. The molecule has 12 heavy (non-hydrogen) atoms. The Balaban J connectivity index is 1.87. The van der Waals surface area contributed by atoms with Crippen LogP contribution in [0.5, 0.6) is 0 Å². The van der Waals surface area contributed by atoms with Gasteiger partial charge in [-0.1, -0.05) is 0 Å². The maximum absolute atomic E-state index is 5.65. The first kappa shape index (κ1) is 7.30. The highest BCUT2D eigenvalue weighted by molar-refractivity contribution is 5.11. The first-order valence-corrected chi connectivity index (χ1v) is 4.71. The molecular formula is C9H14O3. The molecule has 0 bridgehead atoms. The van der Waals surface area contributed by atoms with E-state index in [4.69, 9.17) is 14.2 Å². The smallest absolute Gasteiger partial charge is 0.197 e. The fourth-order valence-corrected chi connectivity index (χ4v) is 2.56. The van der Waals surface area contributed by atoms with Crippen molar-refractivity contribution in [2.45, 2.75) is 43.7 Å². The monoisotopic (exact) mass is 170 g/mol. The molecule has 2 heterocycles. The molecule has 0 aromatic carbocycles. The number of rotatable bonds is 0. The van der Waals surface area contributed by atoms with Crippen molar-refractivity contribution in [2.24, 2.45) is 0 Å². The first-order valence-electron chi connectivity index (χ1n) is 4.71. The summed E-state index contributed by atoms with van der Waals surface area (Å²) in [6.45, 7) is 3.62. The van der Waals surface area contributed by atoms with Gasteiger partial charge >= 0.3 is 0 Å². The van der Waals surface area contributed by atoms with Crippen molar-refractivity contribution in [3.63, 3.8) is 0 Å². The molecule has 3 heteroatoms. The lowest BCUT2D eigenvalue weighted by molar-refractivity contribution is -0.181. The average molecular weight is 170 g/mol. The lowest BCUT2D eigenvalue weighted by Crippen LogP contribution is -2.43. The third-order valence-corrected chi connectivity index (χ3v) is 3.26. The van der Waals surface area contributed by atoms with Crippen LogP contribution in [0.25, 0.3) is 0 Å². The van der Waals surface area contributed by atoms with Gasteiger partial charge in [0.05, 0.1) is 18.8 Å². The minimum Gasteiger partial charge on any atom is -0.360 e. The molecule has 0 radical (unpaired) electrons. The summed E-state index contributed by atoms with van der Waals surface area (Å²) in [4.78, 5) is 0. The SMILES string of the molecule is C[C@@]12CCCC3(OCCO3)[C@@H]1O2. The molecule has 2 aliphatic heterocycles. The Morgan fingerprint density at radius 2 is 1.92 bits per heavy atom. The Kier molecular flexibility index (Phi) is 1.23. The lowest BCUT2D eigenvalue weighted by atomic mass is 9.86. The zero-order chi connectivity index (χ0) is 8.23. The van der Waals surface area contributed by atoms with Crippen LogP contribution in [0.3, 0.4) is 0 Å². The molecule has 1 saturated carbocycles. The van der Waals surface area contributed by atoms with Crippen molar-refractivity contribution in [3.8, 4) is 0 Å². The van der Waals surface area contributed by atoms with Crippen molar-refractivity contribution >= 4 is 0 Å². The molecule has 3 nitrogen and oxygen atoms in total. The molecule has 1 aliphatic carbocycles. The van der Waals surface area contributed by atoms with Crippen LogP contribution in [0.2, 0.25) is 0 Å². The molecule has 3 rings (SSSR count). The van der Waals surface area contributed by atoms with Crippen LogP contribution in [-0.2, 0) is 14.2 Å². The molecule has 3 aliphatic rings. The van der Waals surface area contributed by atoms with Crippen LogP contribution in [0.1, 0.15) is 26.2 Å². The largest absolute Gasteiger partial charge is 0.360 e. The molecule has 0 N–H and O–H groups in total. The van der Waals surface area contributed by atoms with Gasteiger partial charge < -0.3 is 14.2 Å². The highest BCUT2D eigenvalue weighted by atomic mass is 16.8. The van der Waals surface area contributed by atoms with E-state index in [1.807, 2.05) is 0 Å². The predicted molar refractivity (Wildman–Crippen MR) is 41.8 cm³/mol. The number of fused-ring (bicyclic) bond motifs is 2. The lowest BCUT2D eigenvalue weighted by Gasteiger charge is -2.30. The summed E-state index contributed by atoms with van der Waals surface area (Å²) in [5.74, 6) is -0.354. The maximum Gasteiger partial charge on any atom is 0.197 e. The molecular weight excluding hydrogens is 156 g/mol. The fraction of sp³-hybridized carbons (Fsp3) is 1.00. The molecule has 0 aromatic rings. The van der Waals surface area contributed by atoms with Gasteiger partial charge in [0.2, 0.25) is 0 Å². The van der Waals surface area contributed by atoms with E-state index in [9.17, 15) is 0 Å². The molecule has 0 unspecified atom stereocenters. The second-order valence-electron chi connectivity index (χ2n) is 4.17. The summed E-state index contributed by atoms with van der Waals surface area (Å²) in [5.41, 5.74) is 0.0720. The second-order valence-corrected chi connectivity index (χ2v) is 4.17. The molecule has 2 saturated heterocycles. The van der Waals surface area contributed by atoms with Crippen LogP contribution >= 0.6 is 0 Å². The Morgan fingerprint density at radius 3 is 2.67 bits per heavy atom. The van der Waals surface area contributed by atoms with Crippen molar-refractivity contribution in [2.75, 3.05) is 13.2 Å². The zero-order valence-corrected chi connectivity index (χ0v) is 7.34. The van der Waals surface area contributed by atoms with Gasteiger partial charge in [-0.05, 0) is 19.8 Å². The number of hydrogen-bond acceptors (Lipinski definition) is 3. The second kappa shape index (κ2) is 2.03. The topological polar surface area (TPSA) is 31.0 Å². The summed E-state index contributed by atoms with van der Waals surface area (Å²) < 4.78 is 17.0. The van der Waals surface area contributed by atoms with Gasteiger partial charge in [0, 0.05) is 6.42 Å². The van der Waals surface area contributed by atoms with Crippen molar-refractivity contribution in [3.05, 3.63) is 0 Å². The third kappa shape index (κ3) is 0.767. The molecule has 1 spiro atoms. The van der Waals surface area contributed by atoms with E-state index in [1.165, 1.54) is 0 Å². The van der Waals surface area contributed by atoms with E-state index >= 15 is 0 Å². The molecule has 68 valence electrons. The highest BCUT2D eigenvalue weighted by Crippen LogP contribution is 2.55. The summed E-state index contributed by atoms with van der Waals surface area (Å²) in [6, 6.07) is 0. The Labute approximate surface area is 72.0 Å². The van der Waals surface area contributed by atoms with E-state index in [1.54, 1.807) is 0 Å². The average Bonchev–Trinajstić information content (AvgIpc) is 2.57. The van der Waals surface area contributed by atoms with E-state index in [2.05, 4.69) is 6.92 Å². The van der Waals surface area contributed by atoms with Gasteiger partial charge in [-0.25, -0.2) is 0 Å².